The second kappa shape index (κ2) is 3.06. The number of halogens is 2. The first-order valence-electron chi connectivity index (χ1n) is 3.44. The van der Waals surface area contributed by atoms with E-state index in [4.69, 9.17) is 0 Å². The van der Waals surface area contributed by atoms with Crippen LogP contribution in [0.25, 0.3) is 0 Å². The van der Waals surface area contributed by atoms with Crippen molar-refractivity contribution in [3.8, 4) is 0 Å². The molecular weight excluding hydrogens is 349 g/mol. The molecule has 13 heavy (non-hydrogen) atoms. The molecule has 5 heteroatoms. The van der Waals surface area contributed by atoms with Crippen molar-refractivity contribution in [3.63, 3.8) is 0 Å². The van der Waals surface area contributed by atoms with Gasteiger partial charge in [0.1, 0.15) is 0 Å². The van der Waals surface area contributed by atoms with Gasteiger partial charge in [0.15, 0.2) is 0 Å². The Balaban J connectivity index is 2.66. The molecule has 0 atom stereocenters. The molecule has 0 fully saturated rings. The zero-order valence-electron chi connectivity index (χ0n) is 6.23. The molecule has 2 rings (SSSR count). The first kappa shape index (κ1) is 9.14. The van der Waals surface area contributed by atoms with Crippen molar-refractivity contribution in [1.29, 1.82) is 0 Å². The van der Waals surface area contributed by atoms with E-state index in [0.717, 1.165) is 8.04 Å². The summed E-state index contributed by atoms with van der Waals surface area (Å²) in [5.41, 5.74) is 1.04. The second-order valence-electron chi connectivity index (χ2n) is 2.60. The average molecular weight is 352 g/mol. The molecule has 1 amide bonds. The maximum absolute atomic E-state index is 11.2. The van der Waals surface area contributed by atoms with Crippen LogP contribution in [0.4, 0.5) is 5.69 Å². The second-order valence-corrected chi connectivity index (χ2v) is 4.61. The lowest BCUT2D eigenvalue weighted by Crippen LogP contribution is -2.12. The van der Waals surface area contributed by atoms with Gasteiger partial charge in [-0.3, -0.25) is 9.59 Å². The molecule has 0 saturated carbocycles. The average Bonchev–Trinajstić information content (AvgIpc) is 2.32. The van der Waals surface area contributed by atoms with E-state index in [1.807, 2.05) is 0 Å². The summed E-state index contributed by atoms with van der Waals surface area (Å²) in [7, 11) is 0. The number of fused-ring (bicyclic) bond motifs is 1. The summed E-state index contributed by atoms with van der Waals surface area (Å²) in [5.74, 6) is -1.02. The summed E-state index contributed by atoms with van der Waals surface area (Å²) in [5, 5.41) is 2.50. The van der Waals surface area contributed by atoms with Crippen LogP contribution in [0.2, 0.25) is 0 Å². The van der Waals surface area contributed by atoms with E-state index in [1.165, 1.54) is 0 Å². The Hall–Kier alpha value is -0.430. The van der Waals surface area contributed by atoms with E-state index in [0.29, 0.717) is 11.3 Å². The number of anilines is 1. The van der Waals surface area contributed by atoms with Gasteiger partial charge in [-0.1, -0.05) is 0 Å². The first-order valence-corrected chi connectivity index (χ1v) is 5.31. The zero-order chi connectivity index (χ0) is 9.59. The highest BCUT2D eigenvalue weighted by molar-refractivity contribution is 14.1. The Labute approximate surface area is 96.2 Å². The topological polar surface area (TPSA) is 46.2 Å². The summed E-state index contributed by atoms with van der Waals surface area (Å²) in [6.07, 6.45) is 0. The highest BCUT2D eigenvalue weighted by Crippen LogP contribution is 2.30. The fraction of sp³-hybridized carbons (Fsp3) is 0. The maximum atomic E-state index is 11.2. The monoisotopic (exact) mass is 351 g/mol. The van der Waals surface area contributed by atoms with Gasteiger partial charge in [0.25, 0.3) is 11.7 Å². The van der Waals surface area contributed by atoms with Crippen LogP contribution in [-0.4, -0.2) is 11.7 Å². The number of carbonyl (C=O) groups excluding carboxylic acids is 2. The Bertz CT molecular complexity index is 430. The van der Waals surface area contributed by atoms with Gasteiger partial charge in [-0.15, -0.1) is 0 Å². The Morgan fingerprint density at radius 3 is 2.69 bits per heavy atom. The lowest BCUT2D eigenvalue weighted by atomic mass is 10.1. The Morgan fingerprint density at radius 2 is 2.00 bits per heavy atom. The number of Topliss-reactive ketones (excluding diaryl/α,β-unsaturated/α-hetero) is 1. The molecule has 1 heterocycles. The number of ketones is 1. The van der Waals surface area contributed by atoms with Crippen LogP contribution in [0.15, 0.2) is 16.6 Å². The molecule has 1 aromatic rings. The lowest BCUT2D eigenvalue weighted by Gasteiger charge is -1.99. The van der Waals surface area contributed by atoms with Crippen LogP contribution in [0, 0.1) is 3.57 Å². The van der Waals surface area contributed by atoms with Crippen molar-refractivity contribution in [2.75, 3.05) is 5.32 Å². The van der Waals surface area contributed by atoms with E-state index in [1.54, 1.807) is 12.1 Å². The molecule has 0 spiro atoms. The molecule has 0 unspecified atom stereocenters. The van der Waals surface area contributed by atoms with E-state index >= 15 is 0 Å². The van der Waals surface area contributed by atoms with E-state index in [-0.39, 0.29) is 0 Å². The maximum Gasteiger partial charge on any atom is 0.296 e. The smallest absolute Gasteiger partial charge is 0.296 e. The van der Waals surface area contributed by atoms with Gasteiger partial charge < -0.3 is 5.32 Å². The van der Waals surface area contributed by atoms with Crippen LogP contribution in [0.3, 0.4) is 0 Å². The van der Waals surface area contributed by atoms with Crippen molar-refractivity contribution in [1.82, 2.24) is 0 Å². The number of hydrogen-bond acceptors (Lipinski definition) is 2. The highest BCUT2D eigenvalue weighted by Gasteiger charge is 2.28. The van der Waals surface area contributed by atoms with Crippen molar-refractivity contribution < 1.29 is 9.59 Å². The molecule has 0 radical (unpaired) electrons. The van der Waals surface area contributed by atoms with Gasteiger partial charge in [0.05, 0.1) is 11.3 Å². The summed E-state index contributed by atoms with van der Waals surface area (Å²) in [6, 6.07) is 3.43. The number of carbonyl (C=O) groups is 2. The third kappa shape index (κ3) is 1.39. The Morgan fingerprint density at radius 1 is 1.31 bits per heavy atom. The molecule has 0 saturated heterocycles. The number of hydrogen-bond donors (Lipinski definition) is 1. The molecule has 1 aliphatic rings. The summed E-state index contributed by atoms with van der Waals surface area (Å²) < 4.78 is 1.79. The minimum absolute atomic E-state index is 0.442. The predicted octanol–water partition coefficient (Wildman–Crippen LogP) is 2.19. The number of rotatable bonds is 0. The predicted molar refractivity (Wildman–Crippen MR) is 59.8 cm³/mol. The van der Waals surface area contributed by atoms with Crippen molar-refractivity contribution >= 4 is 55.9 Å². The lowest BCUT2D eigenvalue weighted by molar-refractivity contribution is -0.112. The van der Waals surface area contributed by atoms with Crippen LogP contribution in [-0.2, 0) is 4.79 Å². The van der Waals surface area contributed by atoms with Crippen molar-refractivity contribution in [2.24, 2.45) is 0 Å². The van der Waals surface area contributed by atoms with Gasteiger partial charge >= 0.3 is 0 Å². The largest absolute Gasteiger partial charge is 0.318 e. The molecule has 0 aromatic heterocycles. The SMILES string of the molecule is O=C1Nc2cc(I)c(Br)cc2C1=O. The van der Waals surface area contributed by atoms with Crippen LogP contribution < -0.4 is 5.32 Å². The van der Waals surface area contributed by atoms with Gasteiger partial charge in [-0.25, -0.2) is 0 Å². The van der Waals surface area contributed by atoms with Gasteiger partial charge in [-0.05, 0) is 50.7 Å². The zero-order valence-corrected chi connectivity index (χ0v) is 9.97. The molecule has 1 aromatic carbocycles. The molecule has 0 bridgehead atoms. The van der Waals surface area contributed by atoms with E-state index in [2.05, 4.69) is 43.8 Å². The molecular formula is C8H3BrINO2. The molecule has 1 N–H and O–H groups in total. The fourth-order valence-corrected chi connectivity index (χ4v) is 1.95. The quantitative estimate of drug-likeness (QED) is 0.575. The van der Waals surface area contributed by atoms with Gasteiger partial charge in [0, 0.05) is 8.04 Å². The number of amides is 1. The van der Waals surface area contributed by atoms with Gasteiger partial charge in [0.2, 0.25) is 0 Å². The van der Waals surface area contributed by atoms with Crippen LogP contribution >= 0.6 is 38.5 Å². The first-order chi connectivity index (χ1) is 6.09. The number of benzene rings is 1. The third-order valence-corrected chi connectivity index (χ3v) is 4.05. The molecule has 0 aliphatic carbocycles. The van der Waals surface area contributed by atoms with Crippen LogP contribution in [0.5, 0.6) is 0 Å². The van der Waals surface area contributed by atoms with Crippen LogP contribution in [0.1, 0.15) is 10.4 Å². The third-order valence-electron chi connectivity index (χ3n) is 1.76. The summed E-state index contributed by atoms with van der Waals surface area (Å²) in [4.78, 5) is 22.2. The van der Waals surface area contributed by atoms with E-state index in [9.17, 15) is 9.59 Å². The van der Waals surface area contributed by atoms with Gasteiger partial charge in [-0.2, -0.15) is 0 Å². The van der Waals surface area contributed by atoms with Crippen molar-refractivity contribution in [3.05, 3.63) is 25.7 Å². The molecule has 66 valence electrons. The van der Waals surface area contributed by atoms with Crippen molar-refractivity contribution in [2.45, 2.75) is 0 Å². The normalized spacial score (nSPS) is 14.3. The molecule has 3 nitrogen and oxygen atoms in total. The summed E-state index contributed by atoms with van der Waals surface area (Å²) >= 11 is 5.42. The minimum Gasteiger partial charge on any atom is -0.318 e. The fourth-order valence-electron chi connectivity index (χ4n) is 1.14. The molecule has 1 aliphatic heterocycles. The minimum atomic E-state index is -0.552. The Kier molecular flexibility index (Phi) is 2.15. The highest BCUT2D eigenvalue weighted by atomic mass is 127. The summed E-state index contributed by atoms with van der Waals surface area (Å²) in [6.45, 7) is 0. The standard InChI is InChI=1S/C8H3BrINO2/c9-4-1-3-6(2-5(4)10)11-8(13)7(3)12/h1-2H,(H,11,12,13). The number of nitrogens with one attached hydrogen (secondary N) is 1. The van der Waals surface area contributed by atoms with E-state index < -0.39 is 11.7 Å².